The second-order valence-corrected chi connectivity index (χ2v) is 5.75. The van der Waals surface area contributed by atoms with Gasteiger partial charge in [0.1, 0.15) is 5.75 Å². The van der Waals surface area contributed by atoms with Crippen LogP contribution in [-0.2, 0) is 11.2 Å². The van der Waals surface area contributed by atoms with Crippen LogP contribution in [0.1, 0.15) is 34.7 Å². The van der Waals surface area contributed by atoms with E-state index in [9.17, 15) is 13.6 Å². The molecule has 0 aromatic heterocycles. The average molecular weight is 330 g/mol. The van der Waals surface area contributed by atoms with Gasteiger partial charge in [-0.1, -0.05) is 31.2 Å². The van der Waals surface area contributed by atoms with E-state index in [4.69, 9.17) is 4.74 Å². The molecule has 0 radical (unpaired) electrons. The maximum Gasteiger partial charge on any atom is 0.375 e. The lowest BCUT2D eigenvalue weighted by atomic mass is 10.0. The molecule has 0 amide bonds. The maximum absolute atomic E-state index is 14.1. The van der Waals surface area contributed by atoms with Gasteiger partial charge in [0.25, 0.3) is 0 Å². The summed E-state index contributed by atoms with van der Waals surface area (Å²) in [5.74, 6) is -3.89. The third-order valence-corrected chi connectivity index (χ3v) is 4.10. The van der Waals surface area contributed by atoms with Crippen LogP contribution in [0.5, 0.6) is 5.75 Å². The summed E-state index contributed by atoms with van der Waals surface area (Å²) in [5, 5.41) is 0. The molecule has 2 aromatic carbocycles. The van der Waals surface area contributed by atoms with Crippen molar-refractivity contribution in [2.75, 3.05) is 0 Å². The minimum atomic E-state index is -1.53. The van der Waals surface area contributed by atoms with Gasteiger partial charge in [-0.2, -0.15) is 4.39 Å². The Kier molecular flexibility index (Phi) is 5.50. The van der Waals surface area contributed by atoms with E-state index in [0.29, 0.717) is 0 Å². The van der Waals surface area contributed by atoms with Gasteiger partial charge in [0.2, 0.25) is 5.83 Å². The number of carbonyl (C=O) groups excluding carboxylic acids is 1. The van der Waals surface area contributed by atoms with E-state index in [0.717, 1.165) is 28.7 Å². The molecule has 2 rings (SSSR count). The van der Waals surface area contributed by atoms with Gasteiger partial charge in [0, 0.05) is 5.56 Å². The number of aryl methyl sites for hydroxylation is 3. The molecule has 2 aromatic rings. The van der Waals surface area contributed by atoms with E-state index in [-0.39, 0.29) is 11.3 Å². The summed E-state index contributed by atoms with van der Waals surface area (Å²) in [5.41, 5.74) is 3.90. The minimum absolute atomic E-state index is 0.0120. The van der Waals surface area contributed by atoms with Gasteiger partial charge >= 0.3 is 5.97 Å². The van der Waals surface area contributed by atoms with Crippen LogP contribution in [0.4, 0.5) is 8.78 Å². The summed E-state index contributed by atoms with van der Waals surface area (Å²) in [7, 11) is 0. The highest BCUT2D eigenvalue weighted by atomic mass is 19.2. The van der Waals surface area contributed by atoms with Gasteiger partial charge in [-0.25, -0.2) is 9.18 Å². The van der Waals surface area contributed by atoms with Crippen molar-refractivity contribution in [1.29, 1.82) is 0 Å². The number of benzene rings is 2. The van der Waals surface area contributed by atoms with Crippen LogP contribution in [0.2, 0.25) is 0 Å². The van der Waals surface area contributed by atoms with E-state index in [2.05, 4.69) is 0 Å². The smallest absolute Gasteiger partial charge is 0.375 e. The highest BCUT2D eigenvalue weighted by Gasteiger charge is 2.20. The predicted octanol–water partition coefficient (Wildman–Crippen LogP) is 5.39. The Morgan fingerprint density at radius 1 is 1.00 bits per heavy atom. The highest BCUT2D eigenvalue weighted by Crippen LogP contribution is 2.25. The molecule has 0 atom stereocenters. The van der Waals surface area contributed by atoms with Gasteiger partial charge in [-0.05, 0) is 61.6 Å². The molecule has 0 aliphatic rings. The van der Waals surface area contributed by atoms with Crippen LogP contribution in [0.3, 0.4) is 0 Å². The van der Waals surface area contributed by atoms with Crippen molar-refractivity contribution < 1.29 is 18.3 Å². The Labute approximate surface area is 140 Å². The van der Waals surface area contributed by atoms with Crippen molar-refractivity contribution in [2.24, 2.45) is 0 Å². The first-order chi connectivity index (χ1) is 11.3. The van der Waals surface area contributed by atoms with Gasteiger partial charge in [-0.3, -0.25) is 0 Å². The Morgan fingerprint density at radius 3 is 2.04 bits per heavy atom. The zero-order valence-corrected chi connectivity index (χ0v) is 14.2. The second-order valence-electron chi connectivity index (χ2n) is 5.75. The maximum atomic E-state index is 14.1. The zero-order chi connectivity index (χ0) is 17.9. The van der Waals surface area contributed by atoms with Crippen molar-refractivity contribution >= 4 is 11.8 Å². The molecule has 0 saturated carbocycles. The lowest BCUT2D eigenvalue weighted by Crippen LogP contribution is -2.10. The number of halogens is 2. The summed E-state index contributed by atoms with van der Waals surface area (Å²) in [6, 6.07) is 9.53. The molecule has 0 unspecified atom stereocenters. The molecule has 2 nitrogen and oxygen atoms in total. The molecule has 0 saturated heterocycles. The third-order valence-electron chi connectivity index (χ3n) is 4.10. The molecule has 24 heavy (non-hydrogen) atoms. The topological polar surface area (TPSA) is 26.3 Å². The fraction of sp³-hybridized carbons (Fsp3) is 0.250. The number of esters is 1. The monoisotopic (exact) mass is 330 g/mol. The van der Waals surface area contributed by atoms with Crippen molar-refractivity contribution in [3.63, 3.8) is 0 Å². The molecule has 0 N–H and O–H groups in total. The van der Waals surface area contributed by atoms with Crippen LogP contribution in [0.25, 0.3) is 5.83 Å². The Bertz CT molecular complexity index is 767. The first kappa shape index (κ1) is 17.9. The van der Waals surface area contributed by atoms with E-state index in [1.807, 2.05) is 27.7 Å². The first-order valence-electron chi connectivity index (χ1n) is 7.78. The number of rotatable bonds is 4. The predicted molar refractivity (Wildman–Crippen MR) is 91.2 cm³/mol. The van der Waals surface area contributed by atoms with E-state index < -0.39 is 17.6 Å². The van der Waals surface area contributed by atoms with Crippen LogP contribution in [0.15, 0.2) is 42.2 Å². The Morgan fingerprint density at radius 2 is 1.54 bits per heavy atom. The minimum Gasteiger partial charge on any atom is -0.421 e. The average Bonchev–Trinajstić information content (AvgIpc) is 2.58. The fourth-order valence-electron chi connectivity index (χ4n) is 2.31. The quantitative estimate of drug-likeness (QED) is 0.427. The summed E-state index contributed by atoms with van der Waals surface area (Å²) < 4.78 is 33.2. The molecule has 0 aliphatic heterocycles. The standard InChI is InChI=1S/C20H20F2O2/c1-5-15-6-8-16(9-7-15)18(21)19(22)20(23)24-17-10-12(2)14(4)13(3)11-17/h6-11H,5H2,1-4H3/b19-18+. The van der Waals surface area contributed by atoms with E-state index in [1.54, 1.807) is 24.3 Å². The van der Waals surface area contributed by atoms with Crippen molar-refractivity contribution in [3.8, 4) is 5.75 Å². The number of hydrogen-bond donors (Lipinski definition) is 0. The lowest BCUT2D eigenvalue weighted by Gasteiger charge is -2.09. The first-order valence-corrected chi connectivity index (χ1v) is 7.78. The van der Waals surface area contributed by atoms with Crippen LogP contribution >= 0.6 is 0 Å². The number of hydrogen-bond acceptors (Lipinski definition) is 2. The molecule has 0 bridgehead atoms. The van der Waals surface area contributed by atoms with Crippen LogP contribution in [-0.4, -0.2) is 5.97 Å². The molecule has 126 valence electrons. The lowest BCUT2D eigenvalue weighted by molar-refractivity contribution is -0.131. The van der Waals surface area contributed by atoms with Crippen LogP contribution < -0.4 is 4.74 Å². The Balaban J connectivity index is 2.24. The van der Waals surface area contributed by atoms with Crippen molar-refractivity contribution in [1.82, 2.24) is 0 Å². The summed E-state index contributed by atoms with van der Waals surface area (Å²) in [4.78, 5) is 11.9. The van der Waals surface area contributed by atoms with Gasteiger partial charge < -0.3 is 4.74 Å². The molecular formula is C20H20F2O2. The van der Waals surface area contributed by atoms with Crippen molar-refractivity contribution in [2.45, 2.75) is 34.1 Å². The Hall–Kier alpha value is -2.49. The fourth-order valence-corrected chi connectivity index (χ4v) is 2.31. The molecule has 4 heteroatoms. The van der Waals surface area contributed by atoms with E-state index in [1.165, 1.54) is 12.1 Å². The molecule has 0 heterocycles. The zero-order valence-electron chi connectivity index (χ0n) is 14.2. The summed E-state index contributed by atoms with van der Waals surface area (Å²) in [6.07, 6.45) is 0.794. The van der Waals surface area contributed by atoms with Gasteiger partial charge in [0.05, 0.1) is 0 Å². The molecule has 0 fully saturated rings. The molecular weight excluding hydrogens is 310 g/mol. The molecule has 0 spiro atoms. The second kappa shape index (κ2) is 7.39. The molecule has 0 aliphatic carbocycles. The number of ether oxygens (including phenoxy) is 1. The van der Waals surface area contributed by atoms with Gasteiger partial charge in [0.15, 0.2) is 5.83 Å². The largest absolute Gasteiger partial charge is 0.421 e. The summed E-state index contributed by atoms with van der Waals surface area (Å²) in [6.45, 7) is 7.63. The highest BCUT2D eigenvalue weighted by molar-refractivity contribution is 5.95. The van der Waals surface area contributed by atoms with Gasteiger partial charge in [-0.15, -0.1) is 0 Å². The normalized spacial score (nSPS) is 11.9. The third kappa shape index (κ3) is 3.88. The SMILES string of the molecule is CCc1ccc(/C(F)=C(\F)C(=O)Oc2cc(C)c(C)c(C)c2)cc1. The van der Waals surface area contributed by atoms with Crippen LogP contribution in [0, 0.1) is 20.8 Å². The number of carbonyl (C=O) groups is 1. The van der Waals surface area contributed by atoms with Crippen molar-refractivity contribution in [3.05, 3.63) is 70.0 Å². The van der Waals surface area contributed by atoms with E-state index >= 15 is 0 Å². The summed E-state index contributed by atoms with van der Waals surface area (Å²) >= 11 is 0.